The van der Waals surface area contributed by atoms with Crippen molar-refractivity contribution < 1.29 is 0 Å². The Morgan fingerprint density at radius 2 is 1.62 bits per heavy atom. The van der Waals surface area contributed by atoms with Crippen LogP contribution in [0.4, 0.5) is 0 Å². The average Bonchev–Trinajstić information content (AvgIpc) is 2.29. The second-order valence-corrected chi connectivity index (χ2v) is 4.93. The van der Waals surface area contributed by atoms with Crippen molar-refractivity contribution in [3.63, 3.8) is 0 Å². The van der Waals surface area contributed by atoms with Crippen molar-refractivity contribution >= 4 is 0 Å². The van der Waals surface area contributed by atoms with Crippen LogP contribution in [0.2, 0.25) is 0 Å². The number of nitrogens with zero attached hydrogens (tertiary/aromatic N) is 2. The zero-order valence-corrected chi connectivity index (χ0v) is 11.7. The van der Waals surface area contributed by atoms with E-state index in [4.69, 9.17) is 0 Å². The van der Waals surface area contributed by atoms with Crippen molar-refractivity contribution in [3.05, 3.63) is 0 Å². The van der Waals surface area contributed by atoms with Crippen molar-refractivity contribution in [1.82, 2.24) is 9.80 Å². The Labute approximate surface area is 102 Å². The van der Waals surface area contributed by atoms with E-state index in [9.17, 15) is 0 Å². The first-order valence-corrected chi connectivity index (χ1v) is 7.25. The molecule has 0 aromatic heterocycles. The summed E-state index contributed by atoms with van der Waals surface area (Å²) in [5.74, 6) is 0. The summed E-state index contributed by atoms with van der Waals surface area (Å²) in [7, 11) is 2.27. The highest BCUT2D eigenvalue weighted by molar-refractivity contribution is 4.86. The largest absolute Gasteiger partial charge is 0.304 e. The first kappa shape index (κ1) is 14.0. The van der Waals surface area contributed by atoms with Crippen LogP contribution in [0.5, 0.6) is 0 Å². The van der Waals surface area contributed by atoms with E-state index in [1.165, 1.54) is 51.7 Å². The van der Waals surface area contributed by atoms with E-state index < -0.39 is 0 Å². The maximum absolute atomic E-state index is 2.68. The maximum atomic E-state index is 2.68. The molecule has 0 amide bonds. The average molecular weight is 226 g/mol. The van der Waals surface area contributed by atoms with E-state index in [1.807, 2.05) is 13.8 Å². The lowest BCUT2D eigenvalue weighted by molar-refractivity contribution is 0.0666. The molecule has 2 fully saturated rings. The van der Waals surface area contributed by atoms with Gasteiger partial charge in [-0.25, -0.2) is 0 Å². The molecule has 0 aromatic rings. The normalized spacial score (nSPS) is 30.6. The van der Waals surface area contributed by atoms with Crippen LogP contribution < -0.4 is 0 Å². The molecule has 1 saturated carbocycles. The Balaban J connectivity index is 0.000000606. The highest BCUT2D eigenvalue weighted by Gasteiger charge is 2.29. The Bertz CT molecular complexity index is 157. The standard InChI is InChI=1S/C12H24N2.C2H6/c1-3-13(2)11-5-7-12(8-6-11)14-9-4-10-14;1-2/h11-12H,3-10H2,1-2H3;1-2H3. The summed E-state index contributed by atoms with van der Waals surface area (Å²) in [4.78, 5) is 5.20. The minimum Gasteiger partial charge on any atom is -0.304 e. The van der Waals surface area contributed by atoms with Crippen LogP contribution in [0.15, 0.2) is 0 Å². The zero-order valence-electron chi connectivity index (χ0n) is 11.7. The highest BCUT2D eigenvalue weighted by atomic mass is 15.2. The molecule has 0 N–H and O–H groups in total. The van der Waals surface area contributed by atoms with Crippen molar-refractivity contribution in [2.45, 2.75) is 65.0 Å². The lowest BCUT2D eigenvalue weighted by Crippen LogP contribution is -2.48. The smallest absolute Gasteiger partial charge is 0.00964 e. The topological polar surface area (TPSA) is 6.48 Å². The zero-order chi connectivity index (χ0) is 12.0. The van der Waals surface area contributed by atoms with Gasteiger partial charge in [-0.05, 0) is 58.8 Å². The molecular weight excluding hydrogens is 196 g/mol. The molecular formula is C14H30N2. The summed E-state index contributed by atoms with van der Waals surface area (Å²) in [5.41, 5.74) is 0. The van der Waals surface area contributed by atoms with E-state index in [0.29, 0.717) is 0 Å². The van der Waals surface area contributed by atoms with Gasteiger partial charge in [-0.1, -0.05) is 20.8 Å². The molecule has 0 radical (unpaired) electrons. The van der Waals surface area contributed by atoms with Crippen molar-refractivity contribution in [1.29, 1.82) is 0 Å². The molecule has 0 spiro atoms. The van der Waals surface area contributed by atoms with Gasteiger partial charge in [0.1, 0.15) is 0 Å². The van der Waals surface area contributed by atoms with Gasteiger partial charge in [0.25, 0.3) is 0 Å². The van der Waals surface area contributed by atoms with Crippen LogP contribution in [0, 0.1) is 0 Å². The fourth-order valence-corrected chi connectivity index (χ4v) is 2.83. The number of likely N-dealkylation sites (tertiary alicyclic amines) is 1. The third-order valence-electron chi connectivity index (χ3n) is 4.20. The number of hydrogen-bond donors (Lipinski definition) is 0. The summed E-state index contributed by atoms with van der Waals surface area (Å²) < 4.78 is 0. The van der Waals surface area contributed by atoms with Crippen molar-refractivity contribution in [2.24, 2.45) is 0 Å². The fourth-order valence-electron chi connectivity index (χ4n) is 2.83. The number of rotatable bonds is 3. The molecule has 0 atom stereocenters. The van der Waals surface area contributed by atoms with Crippen LogP contribution in [-0.2, 0) is 0 Å². The van der Waals surface area contributed by atoms with E-state index >= 15 is 0 Å². The van der Waals surface area contributed by atoms with Crippen LogP contribution in [-0.4, -0.2) is 48.6 Å². The molecule has 2 nitrogen and oxygen atoms in total. The minimum absolute atomic E-state index is 0.873. The van der Waals surface area contributed by atoms with Crippen LogP contribution in [0.25, 0.3) is 0 Å². The van der Waals surface area contributed by atoms with Gasteiger partial charge in [-0.15, -0.1) is 0 Å². The molecule has 0 bridgehead atoms. The van der Waals surface area contributed by atoms with Gasteiger partial charge >= 0.3 is 0 Å². The molecule has 1 heterocycles. The summed E-state index contributed by atoms with van der Waals surface area (Å²) >= 11 is 0. The lowest BCUT2D eigenvalue weighted by Gasteiger charge is -2.43. The first-order valence-electron chi connectivity index (χ1n) is 7.25. The third kappa shape index (κ3) is 3.46. The maximum Gasteiger partial charge on any atom is 0.00964 e. The van der Waals surface area contributed by atoms with Crippen LogP contribution in [0.3, 0.4) is 0 Å². The molecule has 0 unspecified atom stereocenters. The van der Waals surface area contributed by atoms with Gasteiger partial charge < -0.3 is 9.80 Å². The van der Waals surface area contributed by atoms with E-state index in [1.54, 1.807) is 0 Å². The predicted molar refractivity (Wildman–Crippen MR) is 71.9 cm³/mol. The summed E-state index contributed by atoms with van der Waals surface area (Å²) in [6, 6.07) is 1.81. The Hall–Kier alpha value is -0.0800. The first-order chi connectivity index (χ1) is 7.81. The van der Waals surface area contributed by atoms with Gasteiger partial charge in [0.05, 0.1) is 0 Å². The van der Waals surface area contributed by atoms with Crippen LogP contribution >= 0.6 is 0 Å². The predicted octanol–water partition coefficient (Wildman–Crippen LogP) is 2.98. The quantitative estimate of drug-likeness (QED) is 0.730. The molecule has 96 valence electrons. The van der Waals surface area contributed by atoms with Gasteiger partial charge in [0, 0.05) is 12.1 Å². The van der Waals surface area contributed by atoms with Crippen molar-refractivity contribution in [2.75, 3.05) is 26.7 Å². The van der Waals surface area contributed by atoms with Gasteiger partial charge in [-0.2, -0.15) is 0 Å². The Morgan fingerprint density at radius 1 is 1.06 bits per heavy atom. The summed E-state index contributed by atoms with van der Waals surface area (Å²) in [6.07, 6.45) is 7.16. The molecule has 1 aliphatic carbocycles. The van der Waals surface area contributed by atoms with Gasteiger partial charge in [0.15, 0.2) is 0 Å². The third-order valence-corrected chi connectivity index (χ3v) is 4.20. The summed E-state index contributed by atoms with van der Waals surface area (Å²) in [6.45, 7) is 10.2. The molecule has 2 heteroatoms. The highest BCUT2D eigenvalue weighted by Crippen LogP contribution is 2.28. The molecule has 2 aliphatic rings. The molecule has 2 rings (SSSR count). The lowest BCUT2D eigenvalue weighted by atomic mass is 9.88. The Morgan fingerprint density at radius 3 is 2.00 bits per heavy atom. The SMILES string of the molecule is CC.CCN(C)C1CCC(N2CCC2)CC1. The van der Waals surface area contributed by atoms with Gasteiger partial charge in [-0.3, -0.25) is 0 Å². The van der Waals surface area contributed by atoms with Crippen LogP contribution in [0.1, 0.15) is 52.9 Å². The number of hydrogen-bond acceptors (Lipinski definition) is 2. The monoisotopic (exact) mass is 226 g/mol. The Kier molecular flexibility index (Phi) is 6.37. The molecule has 1 saturated heterocycles. The van der Waals surface area contributed by atoms with E-state index in [0.717, 1.165) is 12.1 Å². The molecule has 0 aromatic carbocycles. The second-order valence-electron chi connectivity index (χ2n) is 4.93. The fraction of sp³-hybridized carbons (Fsp3) is 1.00. The van der Waals surface area contributed by atoms with Gasteiger partial charge in [0.2, 0.25) is 0 Å². The second kappa shape index (κ2) is 7.29. The minimum atomic E-state index is 0.873. The van der Waals surface area contributed by atoms with Crippen molar-refractivity contribution in [3.8, 4) is 0 Å². The van der Waals surface area contributed by atoms with E-state index in [2.05, 4.69) is 23.8 Å². The molecule has 1 aliphatic heterocycles. The van der Waals surface area contributed by atoms with E-state index in [-0.39, 0.29) is 0 Å². The summed E-state index contributed by atoms with van der Waals surface area (Å²) in [5, 5.41) is 0. The molecule has 16 heavy (non-hydrogen) atoms.